The molecule has 1 saturated carbocycles. The van der Waals surface area contributed by atoms with Crippen LogP contribution >= 0.6 is 0 Å². The van der Waals surface area contributed by atoms with Crippen molar-refractivity contribution in [1.82, 2.24) is 5.32 Å². The Balaban J connectivity index is 1.92. The van der Waals surface area contributed by atoms with E-state index < -0.39 is 6.04 Å². The van der Waals surface area contributed by atoms with Crippen LogP contribution in [0.15, 0.2) is 30.3 Å². The van der Waals surface area contributed by atoms with Crippen molar-refractivity contribution in [3.05, 3.63) is 35.9 Å². The Kier molecular flexibility index (Phi) is 7.96. The molecule has 2 rings (SSSR count). The van der Waals surface area contributed by atoms with Crippen LogP contribution < -0.4 is 5.32 Å². The van der Waals surface area contributed by atoms with Crippen molar-refractivity contribution in [2.45, 2.75) is 71.4 Å². The maximum absolute atomic E-state index is 12.6. The van der Waals surface area contributed by atoms with Crippen LogP contribution in [0.5, 0.6) is 0 Å². The molecule has 0 radical (unpaired) electrons. The molecule has 1 aromatic rings. The molecule has 0 heterocycles. The molecular weight excluding hydrogens is 314 g/mol. The summed E-state index contributed by atoms with van der Waals surface area (Å²) in [4.78, 5) is 25.1. The second-order valence-electron chi connectivity index (χ2n) is 7.47. The fourth-order valence-corrected chi connectivity index (χ4v) is 3.35. The summed E-state index contributed by atoms with van der Waals surface area (Å²) in [6.45, 7) is 4.35. The van der Waals surface area contributed by atoms with E-state index in [1.165, 1.54) is 12.8 Å². The van der Waals surface area contributed by atoms with Crippen LogP contribution in [-0.4, -0.2) is 17.9 Å². The molecular formula is C21H31NO3. The number of carbonyl (C=O) groups excluding carboxylic acids is 2. The number of hydrogen-bond acceptors (Lipinski definition) is 3. The van der Waals surface area contributed by atoms with E-state index in [0.29, 0.717) is 12.3 Å². The van der Waals surface area contributed by atoms with Gasteiger partial charge in [0.15, 0.2) is 0 Å². The van der Waals surface area contributed by atoms with Gasteiger partial charge in [0, 0.05) is 5.92 Å². The lowest BCUT2D eigenvalue weighted by molar-refractivity contribution is -0.150. The summed E-state index contributed by atoms with van der Waals surface area (Å²) in [5.74, 6) is 0.0338. The summed E-state index contributed by atoms with van der Waals surface area (Å²) < 4.78 is 5.45. The first kappa shape index (κ1) is 19.5. The molecule has 1 aliphatic carbocycles. The maximum Gasteiger partial charge on any atom is 0.328 e. The minimum absolute atomic E-state index is 0.0178. The smallest absolute Gasteiger partial charge is 0.328 e. The van der Waals surface area contributed by atoms with E-state index in [4.69, 9.17) is 4.74 Å². The van der Waals surface area contributed by atoms with Gasteiger partial charge in [-0.2, -0.15) is 0 Å². The predicted octanol–water partition coefficient (Wildman–Crippen LogP) is 4.23. The third-order valence-corrected chi connectivity index (χ3v) is 4.76. The zero-order valence-corrected chi connectivity index (χ0v) is 15.5. The number of ether oxygens (including phenoxy) is 1. The fraction of sp³-hybridized carbons (Fsp3) is 0.619. The molecule has 25 heavy (non-hydrogen) atoms. The minimum Gasteiger partial charge on any atom is -0.459 e. The monoisotopic (exact) mass is 345 g/mol. The highest BCUT2D eigenvalue weighted by molar-refractivity contribution is 5.85. The molecule has 0 aromatic heterocycles. The first-order valence-corrected chi connectivity index (χ1v) is 9.57. The Morgan fingerprint density at radius 3 is 2.32 bits per heavy atom. The number of amides is 1. The van der Waals surface area contributed by atoms with Crippen LogP contribution in [0.1, 0.15) is 64.4 Å². The van der Waals surface area contributed by atoms with Gasteiger partial charge >= 0.3 is 5.97 Å². The molecule has 1 fully saturated rings. The van der Waals surface area contributed by atoms with E-state index in [-0.39, 0.29) is 24.4 Å². The van der Waals surface area contributed by atoms with Gasteiger partial charge < -0.3 is 10.1 Å². The summed E-state index contributed by atoms with van der Waals surface area (Å²) >= 11 is 0. The van der Waals surface area contributed by atoms with E-state index in [1.54, 1.807) is 0 Å². The highest BCUT2D eigenvalue weighted by atomic mass is 16.5. The second kappa shape index (κ2) is 10.2. The van der Waals surface area contributed by atoms with Crippen molar-refractivity contribution in [3.63, 3.8) is 0 Å². The largest absolute Gasteiger partial charge is 0.459 e. The van der Waals surface area contributed by atoms with Crippen molar-refractivity contribution in [1.29, 1.82) is 0 Å². The average Bonchev–Trinajstić information content (AvgIpc) is 2.89. The van der Waals surface area contributed by atoms with Crippen LogP contribution in [0.25, 0.3) is 0 Å². The van der Waals surface area contributed by atoms with Crippen LogP contribution in [0.4, 0.5) is 0 Å². The summed E-state index contributed by atoms with van der Waals surface area (Å²) in [5, 5.41) is 2.97. The Hall–Kier alpha value is -1.84. The van der Waals surface area contributed by atoms with Crippen molar-refractivity contribution in [2.75, 3.05) is 0 Å². The third-order valence-electron chi connectivity index (χ3n) is 4.76. The fourth-order valence-electron chi connectivity index (χ4n) is 3.35. The molecule has 1 aliphatic rings. The van der Waals surface area contributed by atoms with Crippen molar-refractivity contribution >= 4 is 11.9 Å². The molecule has 1 N–H and O–H groups in total. The van der Waals surface area contributed by atoms with Crippen LogP contribution in [0.2, 0.25) is 0 Å². The van der Waals surface area contributed by atoms with Gasteiger partial charge in [0.05, 0.1) is 0 Å². The standard InChI is InChI=1S/C21H31NO3/c1-16(2)14-19(21(24)25-15-17-10-6-5-7-11-17)22-20(23)18-12-8-3-4-9-13-18/h5-7,10-11,16,18-19H,3-4,8-9,12-15H2,1-2H3,(H,22,23)/t19-/m0/s1. The van der Waals surface area contributed by atoms with Crippen LogP contribution in [-0.2, 0) is 20.9 Å². The predicted molar refractivity (Wildman–Crippen MR) is 98.8 cm³/mol. The molecule has 1 atom stereocenters. The second-order valence-corrected chi connectivity index (χ2v) is 7.47. The van der Waals surface area contributed by atoms with E-state index in [1.807, 2.05) is 30.3 Å². The SMILES string of the molecule is CC(C)C[C@H](NC(=O)C1CCCCCC1)C(=O)OCc1ccccc1. The van der Waals surface area contributed by atoms with E-state index >= 15 is 0 Å². The molecule has 0 unspecified atom stereocenters. The minimum atomic E-state index is -0.556. The van der Waals surface area contributed by atoms with Crippen LogP contribution in [0.3, 0.4) is 0 Å². The molecule has 0 aliphatic heterocycles. The highest BCUT2D eigenvalue weighted by Gasteiger charge is 2.27. The molecule has 4 heteroatoms. The molecule has 4 nitrogen and oxygen atoms in total. The van der Waals surface area contributed by atoms with Gasteiger partial charge in [-0.1, -0.05) is 69.9 Å². The number of nitrogens with one attached hydrogen (secondary N) is 1. The summed E-state index contributed by atoms with van der Waals surface area (Å²) in [6.07, 6.45) is 7.08. The summed E-state index contributed by atoms with van der Waals surface area (Å²) in [5.41, 5.74) is 0.953. The number of esters is 1. The van der Waals surface area contributed by atoms with Gasteiger partial charge in [-0.05, 0) is 30.7 Å². The number of carbonyl (C=O) groups is 2. The van der Waals surface area contributed by atoms with Gasteiger partial charge in [-0.3, -0.25) is 4.79 Å². The molecule has 0 spiro atoms. The van der Waals surface area contributed by atoms with Gasteiger partial charge in [-0.25, -0.2) is 4.79 Å². The average molecular weight is 345 g/mol. The van der Waals surface area contributed by atoms with E-state index in [2.05, 4.69) is 19.2 Å². The normalized spacial score (nSPS) is 16.9. The van der Waals surface area contributed by atoms with E-state index in [9.17, 15) is 9.59 Å². The van der Waals surface area contributed by atoms with Crippen molar-refractivity contribution < 1.29 is 14.3 Å². The Labute approximate surface area is 151 Å². The lowest BCUT2D eigenvalue weighted by atomic mass is 9.97. The molecule has 1 aromatic carbocycles. The molecule has 1 amide bonds. The van der Waals surface area contributed by atoms with Gasteiger partial charge in [0.1, 0.15) is 12.6 Å². The topological polar surface area (TPSA) is 55.4 Å². The van der Waals surface area contributed by atoms with Gasteiger partial charge in [0.2, 0.25) is 5.91 Å². The van der Waals surface area contributed by atoms with Crippen molar-refractivity contribution in [3.8, 4) is 0 Å². The molecule has 138 valence electrons. The maximum atomic E-state index is 12.6. The highest BCUT2D eigenvalue weighted by Crippen LogP contribution is 2.23. The third kappa shape index (κ3) is 6.89. The zero-order valence-electron chi connectivity index (χ0n) is 15.5. The summed E-state index contributed by atoms with van der Waals surface area (Å²) in [6, 6.07) is 9.06. The Morgan fingerprint density at radius 1 is 1.08 bits per heavy atom. The lowest BCUT2D eigenvalue weighted by Gasteiger charge is -2.22. The number of rotatable bonds is 7. The Bertz CT molecular complexity index is 533. The van der Waals surface area contributed by atoms with Crippen LogP contribution in [0, 0.1) is 11.8 Å². The first-order valence-electron chi connectivity index (χ1n) is 9.57. The van der Waals surface area contributed by atoms with Gasteiger partial charge in [0.25, 0.3) is 0 Å². The first-order chi connectivity index (χ1) is 12.1. The van der Waals surface area contributed by atoms with Gasteiger partial charge in [-0.15, -0.1) is 0 Å². The quantitative estimate of drug-likeness (QED) is 0.594. The number of benzene rings is 1. The molecule has 0 saturated heterocycles. The Morgan fingerprint density at radius 2 is 1.72 bits per heavy atom. The van der Waals surface area contributed by atoms with Crippen molar-refractivity contribution in [2.24, 2.45) is 11.8 Å². The van der Waals surface area contributed by atoms with E-state index in [0.717, 1.165) is 31.2 Å². The molecule has 0 bridgehead atoms. The zero-order chi connectivity index (χ0) is 18.1. The lowest BCUT2D eigenvalue weighted by Crippen LogP contribution is -2.45. The summed E-state index contributed by atoms with van der Waals surface area (Å²) in [7, 11) is 0. The number of hydrogen-bond donors (Lipinski definition) is 1.